The Morgan fingerprint density at radius 1 is 1.15 bits per heavy atom. The molecule has 0 N–H and O–H groups in total. The van der Waals surface area contributed by atoms with Gasteiger partial charge in [-0.1, -0.05) is 25.4 Å². The van der Waals surface area contributed by atoms with E-state index in [9.17, 15) is 4.79 Å². The van der Waals surface area contributed by atoms with Crippen molar-refractivity contribution in [1.82, 2.24) is 0 Å². The molecular formula is C17H25ClO2. The van der Waals surface area contributed by atoms with Crippen LogP contribution in [-0.4, -0.2) is 18.0 Å². The van der Waals surface area contributed by atoms with Gasteiger partial charge in [0.05, 0.1) is 12.2 Å². The van der Waals surface area contributed by atoms with Crippen LogP contribution in [0.1, 0.15) is 58.8 Å². The Kier molecular flexibility index (Phi) is 4.24. The van der Waals surface area contributed by atoms with Crippen LogP contribution in [0.2, 0.25) is 0 Å². The van der Waals surface area contributed by atoms with Crippen LogP contribution in [-0.2, 0) is 9.53 Å². The summed E-state index contributed by atoms with van der Waals surface area (Å²) < 4.78 is 6.35. The number of ether oxygens (including phenoxy) is 1. The van der Waals surface area contributed by atoms with E-state index >= 15 is 0 Å². The van der Waals surface area contributed by atoms with Gasteiger partial charge in [0.2, 0.25) is 0 Å². The number of Topliss-reactive ketones (excluding diaryl/α,β-unsaturated/α-hetero) is 1. The summed E-state index contributed by atoms with van der Waals surface area (Å²) in [5, 5.41) is 0.962. The second-order valence-corrected chi connectivity index (χ2v) is 7.51. The Hall–Kier alpha value is -0.340. The molecule has 2 aliphatic carbocycles. The van der Waals surface area contributed by atoms with Crippen LogP contribution >= 0.6 is 11.6 Å². The van der Waals surface area contributed by atoms with Gasteiger partial charge in [0.15, 0.2) is 0 Å². The van der Waals surface area contributed by atoms with E-state index in [0.717, 1.165) is 30.7 Å². The molecule has 5 atom stereocenters. The zero-order valence-corrected chi connectivity index (χ0v) is 13.3. The van der Waals surface area contributed by atoms with Gasteiger partial charge in [-0.05, 0) is 55.9 Å². The average molecular weight is 297 g/mol. The molecule has 3 heteroatoms. The highest BCUT2D eigenvalue weighted by Crippen LogP contribution is 2.43. The third-order valence-electron chi connectivity index (χ3n) is 5.35. The van der Waals surface area contributed by atoms with Gasteiger partial charge in [-0.25, -0.2) is 0 Å². The highest BCUT2D eigenvalue weighted by atomic mass is 35.5. The second-order valence-electron chi connectivity index (χ2n) is 7.05. The zero-order valence-electron chi connectivity index (χ0n) is 12.5. The monoisotopic (exact) mass is 296 g/mol. The van der Waals surface area contributed by atoms with Gasteiger partial charge < -0.3 is 4.74 Å². The standard InChI is InChI=1S/C17H25ClO2/c1-10-7-11(2)17-14(19)9-15(20-16(17)8-10)12-5-3-4-6-13(12)18/h10-11,15-17H,3-9H2,1-2H3. The van der Waals surface area contributed by atoms with E-state index in [0.29, 0.717) is 24.0 Å². The molecule has 0 aromatic rings. The minimum atomic E-state index is -0.0333. The van der Waals surface area contributed by atoms with E-state index in [2.05, 4.69) is 13.8 Å². The minimum absolute atomic E-state index is 0.0333. The van der Waals surface area contributed by atoms with Gasteiger partial charge in [-0.15, -0.1) is 0 Å². The molecule has 112 valence electrons. The van der Waals surface area contributed by atoms with Crippen LogP contribution < -0.4 is 0 Å². The van der Waals surface area contributed by atoms with E-state index in [1.807, 2.05) is 0 Å². The van der Waals surface area contributed by atoms with Crippen molar-refractivity contribution in [3.8, 4) is 0 Å². The maximum Gasteiger partial charge on any atom is 0.141 e. The van der Waals surface area contributed by atoms with Gasteiger partial charge in [-0.2, -0.15) is 0 Å². The van der Waals surface area contributed by atoms with Crippen molar-refractivity contribution in [2.45, 2.75) is 71.0 Å². The molecule has 1 saturated carbocycles. The Balaban J connectivity index is 1.79. The number of hydrogen-bond donors (Lipinski definition) is 0. The summed E-state index contributed by atoms with van der Waals surface area (Å²) in [6.07, 6.45) is 7.15. The van der Waals surface area contributed by atoms with Crippen molar-refractivity contribution in [2.75, 3.05) is 0 Å². The molecule has 2 nitrogen and oxygen atoms in total. The van der Waals surface area contributed by atoms with Crippen molar-refractivity contribution >= 4 is 17.4 Å². The molecule has 2 fully saturated rings. The molecule has 0 aromatic heterocycles. The molecule has 0 aromatic carbocycles. The smallest absolute Gasteiger partial charge is 0.141 e. The van der Waals surface area contributed by atoms with E-state index in [1.165, 1.54) is 18.4 Å². The van der Waals surface area contributed by atoms with Crippen LogP contribution in [0.4, 0.5) is 0 Å². The van der Waals surface area contributed by atoms with Crippen LogP contribution in [0.3, 0.4) is 0 Å². The maximum absolute atomic E-state index is 12.6. The second kappa shape index (κ2) is 5.81. The van der Waals surface area contributed by atoms with E-state index in [-0.39, 0.29) is 18.1 Å². The lowest BCUT2D eigenvalue weighted by atomic mass is 9.69. The number of carbonyl (C=O) groups is 1. The molecule has 0 radical (unpaired) electrons. The summed E-state index contributed by atoms with van der Waals surface area (Å²) in [6, 6.07) is 0. The van der Waals surface area contributed by atoms with Crippen molar-refractivity contribution < 1.29 is 9.53 Å². The van der Waals surface area contributed by atoms with Crippen molar-refractivity contribution in [2.24, 2.45) is 17.8 Å². The molecule has 0 spiro atoms. The third-order valence-corrected chi connectivity index (χ3v) is 5.78. The molecule has 3 aliphatic rings. The number of fused-ring (bicyclic) bond motifs is 1. The van der Waals surface area contributed by atoms with E-state index in [1.54, 1.807) is 0 Å². The number of carbonyl (C=O) groups excluding carboxylic acids is 1. The van der Waals surface area contributed by atoms with Crippen LogP contribution in [0, 0.1) is 17.8 Å². The maximum atomic E-state index is 12.6. The molecule has 0 bridgehead atoms. The fourth-order valence-corrected chi connectivity index (χ4v) is 4.81. The van der Waals surface area contributed by atoms with E-state index < -0.39 is 0 Å². The Labute approximate surface area is 126 Å². The Bertz CT molecular complexity index is 429. The largest absolute Gasteiger partial charge is 0.369 e. The summed E-state index contributed by atoms with van der Waals surface area (Å²) in [5.41, 5.74) is 1.22. The van der Waals surface area contributed by atoms with Gasteiger partial charge in [0.1, 0.15) is 5.78 Å². The summed E-state index contributed by atoms with van der Waals surface area (Å²) in [7, 11) is 0. The molecular weight excluding hydrogens is 272 g/mol. The number of rotatable bonds is 1. The highest BCUT2D eigenvalue weighted by Gasteiger charge is 2.45. The average Bonchev–Trinajstić information content (AvgIpc) is 2.37. The Morgan fingerprint density at radius 3 is 2.65 bits per heavy atom. The lowest BCUT2D eigenvalue weighted by Crippen LogP contribution is -2.48. The first-order chi connectivity index (χ1) is 9.56. The molecule has 0 amide bonds. The first-order valence-corrected chi connectivity index (χ1v) is 8.49. The third kappa shape index (κ3) is 2.69. The first kappa shape index (κ1) is 14.6. The predicted molar refractivity (Wildman–Crippen MR) is 80.7 cm³/mol. The van der Waals surface area contributed by atoms with Crippen LogP contribution in [0.5, 0.6) is 0 Å². The van der Waals surface area contributed by atoms with Gasteiger partial charge in [-0.3, -0.25) is 4.79 Å². The van der Waals surface area contributed by atoms with Crippen LogP contribution in [0.15, 0.2) is 10.6 Å². The molecule has 20 heavy (non-hydrogen) atoms. The number of hydrogen-bond acceptors (Lipinski definition) is 2. The number of halogens is 1. The molecule has 3 rings (SSSR count). The number of ketones is 1. The van der Waals surface area contributed by atoms with Gasteiger partial charge >= 0.3 is 0 Å². The first-order valence-electron chi connectivity index (χ1n) is 8.12. The summed E-state index contributed by atoms with van der Waals surface area (Å²) >= 11 is 6.38. The van der Waals surface area contributed by atoms with Crippen molar-refractivity contribution in [1.29, 1.82) is 0 Å². The summed E-state index contributed by atoms with van der Waals surface area (Å²) in [5.74, 6) is 1.67. The van der Waals surface area contributed by atoms with Crippen LogP contribution in [0.25, 0.3) is 0 Å². The van der Waals surface area contributed by atoms with E-state index in [4.69, 9.17) is 16.3 Å². The Morgan fingerprint density at radius 2 is 1.90 bits per heavy atom. The van der Waals surface area contributed by atoms with Gasteiger partial charge in [0, 0.05) is 17.4 Å². The normalized spacial score (nSPS) is 42.5. The number of allylic oxidation sites excluding steroid dienone is 1. The fraction of sp³-hybridized carbons (Fsp3) is 0.824. The zero-order chi connectivity index (χ0) is 14.3. The van der Waals surface area contributed by atoms with Gasteiger partial charge in [0.25, 0.3) is 0 Å². The highest BCUT2D eigenvalue weighted by molar-refractivity contribution is 6.30. The van der Waals surface area contributed by atoms with Crippen molar-refractivity contribution in [3.05, 3.63) is 10.6 Å². The molecule has 1 saturated heterocycles. The lowest BCUT2D eigenvalue weighted by Gasteiger charge is -2.44. The molecule has 1 heterocycles. The summed E-state index contributed by atoms with van der Waals surface area (Å²) in [4.78, 5) is 12.6. The molecule has 5 unspecified atom stereocenters. The lowest BCUT2D eigenvalue weighted by molar-refractivity contribution is -0.154. The predicted octanol–water partition coefficient (Wildman–Crippen LogP) is 4.46. The minimum Gasteiger partial charge on any atom is -0.369 e. The SMILES string of the molecule is CC1CC(C)C2C(=O)CC(C3=C(Cl)CCCC3)OC2C1. The summed E-state index contributed by atoms with van der Waals surface area (Å²) in [6.45, 7) is 4.48. The quantitative estimate of drug-likeness (QED) is 0.714. The molecule has 1 aliphatic heterocycles. The van der Waals surface area contributed by atoms with Crippen molar-refractivity contribution in [3.63, 3.8) is 0 Å². The topological polar surface area (TPSA) is 26.3 Å². The fourth-order valence-electron chi connectivity index (χ4n) is 4.46.